The minimum atomic E-state index is -0.481. The van der Waals surface area contributed by atoms with E-state index in [1.807, 2.05) is 30.3 Å². The molecule has 2 N–H and O–H groups in total. The molecule has 0 unspecified atom stereocenters. The molecule has 1 atom stereocenters. The summed E-state index contributed by atoms with van der Waals surface area (Å²) in [6, 6.07) is 14.6. The van der Waals surface area contributed by atoms with Crippen LogP contribution in [-0.4, -0.2) is 46.3 Å². The Hall–Kier alpha value is -2.97. The van der Waals surface area contributed by atoms with Crippen molar-refractivity contribution >= 4 is 34.9 Å². The second-order valence-electron chi connectivity index (χ2n) is 6.77. The Balaban J connectivity index is 1.54. The summed E-state index contributed by atoms with van der Waals surface area (Å²) in [7, 11) is 0. The standard InChI is InChI=1S/C22H21FN2O4S/c23-17-8-6-16(7-9-17)13-19-21(28)25(22(29)30-19)11-10-20(27)24-18(14-26)12-15-4-2-1-3-5-15/h1-9,13,18,26H,10-12,14H2,(H,24,27)/b19-13-/t18-/m1/s1. The van der Waals surface area contributed by atoms with Gasteiger partial charge in [-0.1, -0.05) is 42.5 Å². The number of aliphatic hydroxyl groups excluding tert-OH is 1. The van der Waals surface area contributed by atoms with Gasteiger partial charge in [0, 0.05) is 13.0 Å². The highest BCUT2D eigenvalue weighted by molar-refractivity contribution is 8.18. The van der Waals surface area contributed by atoms with Crippen molar-refractivity contribution in [2.24, 2.45) is 0 Å². The zero-order valence-corrected chi connectivity index (χ0v) is 16.9. The summed E-state index contributed by atoms with van der Waals surface area (Å²) in [5, 5.41) is 11.8. The number of hydrogen-bond donors (Lipinski definition) is 2. The maximum absolute atomic E-state index is 13.0. The second-order valence-corrected chi connectivity index (χ2v) is 7.76. The minimum absolute atomic E-state index is 0.0548. The molecule has 3 rings (SSSR count). The Bertz CT molecular complexity index is 947. The zero-order chi connectivity index (χ0) is 21.5. The predicted octanol–water partition coefficient (Wildman–Crippen LogP) is 2.97. The van der Waals surface area contributed by atoms with E-state index < -0.39 is 17.2 Å². The van der Waals surface area contributed by atoms with E-state index in [2.05, 4.69) is 5.32 Å². The van der Waals surface area contributed by atoms with Crippen LogP contribution in [0.25, 0.3) is 6.08 Å². The molecule has 0 radical (unpaired) electrons. The molecule has 1 aliphatic rings. The van der Waals surface area contributed by atoms with Gasteiger partial charge in [0.05, 0.1) is 17.6 Å². The first-order valence-corrected chi connectivity index (χ1v) is 10.2. The fraction of sp³-hybridized carbons (Fsp3) is 0.227. The highest BCUT2D eigenvalue weighted by atomic mass is 32.2. The van der Waals surface area contributed by atoms with Crippen LogP contribution in [0.5, 0.6) is 0 Å². The Labute approximate surface area is 177 Å². The first-order chi connectivity index (χ1) is 14.5. The van der Waals surface area contributed by atoms with Gasteiger partial charge in [0.25, 0.3) is 11.1 Å². The number of nitrogens with zero attached hydrogens (tertiary/aromatic N) is 1. The molecular formula is C22H21FN2O4S. The Morgan fingerprint density at radius 2 is 1.83 bits per heavy atom. The third-order valence-corrected chi connectivity index (χ3v) is 5.42. The van der Waals surface area contributed by atoms with Crippen LogP contribution in [0.2, 0.25) is 0 Å². The molecule has 1 fully saturated rings. The Morgan fingerprint density at radius 1 is 1.13 bits per heavy atom. The quantitative estimate of drug-likeness (QED) is 0.632. The van der Waals surface area contributed by atoms with Gasteiger partial charge in [0.1, 0.15) is 5.82 Å². The summed E-state index contributed by atoms with van der Waals surface area (Å²) in [6.45, 7) is -0.274. The molecule has 8 heteroatoms. The molecule has 6 nitrogen and oxygen atoms in total. The molecule has 0 saturated carbocycles. The van der Waals surface area contributed by atoms with Gasteiger partial charge in [0.15, 0.2) is 0 Å². The molecule has 0 spiro atoms. The number of amides is 3. The average Bonchev–Trinajstić information content (AvgIpc) is 3.01. The molecule has 156 valence electrons. The van der Waals surface area contributed by atoms with Crippen molar-refractivity contribution in [3.05, 3.63) is 76.4 Å². The minimum Gasteiger partial charge on any atom is -0.394 e. The van der Waals surface area contributed by atoms with Crippen molar-refractivity contribution in [2.75, 3.05) is 13.2 Å². The van der Waals surface area contributed by atoms with E-state index in [-0.39, 0.29) is 36.2 Å². The topological polar surface area (TPSA) is 86.7 Å². The third kappa shape index (κ3) is 5.77. The lowest BCUT2D eigenvalue weighted by Gasteiger charge is -2.18. The van der Waals surface area contributed by atoms with E-state index in [9.17, 15) is 23.9 Å². The molecule has 1 saturated heterocycles. The van der Waals surface area contributed by atoms with Gasteiger partial charge in [-0.25, -0.2) is 4.39 Å². The lowest BCUT2D eigenvalue weighted by atomic mass is 10.1. The van der Waals surface area contributed by atoms with E-state index >= 15 is 0 Å². The summed E-state index contributed by atoms with van der Waals surface area (Å²) < 4.78 is 13.0. The lowest BCUT2D eigenvalue weighted by molar-refractivity contribution is -0.124. The molecule has 30 heavy (non-hydrogen) atoms. The normalized spacial score (nSPS) is 16.2. The fourth-order valence-electron chi connectivity index (χ4n) is 2.98. The number of carbonyl (C=O) groups excluding carboxylic acids is 3. The van der Waals surface area contributed by atoms with Crippen molar-refractivity contribution in [2.45, 2.75) is 18.9 Å². The van der Waals surface area contributed by atoms with Gasteiger partial charge in [-0.2, -0.15) is 0 Å². The first kappa shape index (κ1) is 21.7. The number of thioether (sulfide) groups is 1. The van der Waals surface area contributed by atoms with Gasteiger partial charge in [-0.3, -0.25) is 19.3 Å². The number of carbonyl (C=O) groups is 3. The summed E-state index contributed by atoms with van der Waals surface area (Å²) in [5.41, 5.74) is 1.58. The largest absolute Gasteiger partial charge is 0.394 e. The van der Waals surface area contributed by atoms with Gasteiger partial charge in [-0.05, 0) is 47.5 Å². The molecule has 1 heterocycles. The summed E-state index contributed by atoms with van der Waals surface area (Å²) in [4.78, 5) is 38.2. The maximum atomic E-state index is 13.0. The maximum Gasteiger partial charge on any atom is 0.293 e. The highest BCUT2D eigenvalue weighted by Gasteiger charge is 2.35. The van der Waals surface area contributed by atoms with Crippen molar-refractivity contribution in [3.63, 3.8) is 0 Å². The first-order valence-electron chi connectivity index (χ1n) is 9.41. The van der Waals surface area contributed by atoms with E-state index in [0.717, 1.165) is 22.2 Å². The predicted molar refractivity (Wildman–Crippen MR) is 113 cm³/mol. The van der Waals surface area contributed by atoms with Crippen LogP contribution in [0.15, 0.2) is 59.5 Å². The molecule has 1 aliphatic heterocycles. The molecular weight excluding hydrogens is 407 g/mol. The fourth-order valence-corrected chi connectivity index (χ4v) is 3.84. The van der Waals surface area contributed by atoms with Crippen LogP contribution < -0.4 is 5.32 Å². The Morgan fingerprint density at radius 3 is 2.50 bits per heavy atom. The van der Waals surface area contributed by atoms with Gasteiger partial charge >= 0.3 is 0 Å². The van der Waals surface area contributed by atoms with Crippen molar-refractivity contribution in [3.8, 4) is 0 Å². The number of rotatable bonds is 8. The van der Waals surface area contributed by atoms with Crippen LogP contribution in [0.1, 0.15) is 17.5 Å². The molecule has 2 aromatic rings. The molecule has 3 amide bonds. The van der Waals surface area contributed by atoms with Gasteiger partial charge in [-0.15, -0.1) is 0 Å². The summed E-state index contributed by atoms with van der Waals surface area (Å²) in [5.74, 6) is -1.23. The van der Waals surface area contributed by atoms with Crippen LogP contribution in [0.4, 0.5) is 9.18 Å². The second kappa shape index (κ2) is 10.2. The van der Waals surface area contributed by atoms with E-state index in [1.54, 1.807) is 0 Å². The lowest BCUT2D eigenvalue weighted by Crippen LogP contribution is -2.41. The summed E-state index contributed by atoms with van der Waals surface area (Å²) in [6.07, 6.45) is 1.93. The zero-order valence-electron chi connectivity index (χ0n) is 16.1. The SMILES string of the molecule is O=C(CCN1C(=O)S/C(=C\c2ccc(F)cc2)C1=O)N[C@@H](CO)Cc1ccccc1. The highest BCUT2D eigenvalue weighted by Crippen LogP contribution is 2.32. The van der Waals surface area contributed by atoms with Crippen molar-refractivity contribution < 1.29 is 23.9 Å². The van der Waals surface area contributed by atoms with E-state index in [1.165, 1.54) is 30.3 Å². The molecule has 0 bridgehead atoms. The smallest absolute Gasteiger partial charge is 0.293 e. The third-order valence-electron chi connectivity index (χ3n) is 4.51. The number of hydrogen-bond acceptors (Lipinski definition) is 5. The van der Waals surface area contributed by atoms with E-state index in [4.69, 9.17) is 0 Å². The molecule has 0 aliphatic carbocycles. The van der Waals surface area contributed by atoms with Gasteiger partial charge < -0.3 is 10.4 Å². The van der Waals surface area contributed by atoms with Crippen LogP contribution in [0.3, 0.4) is 0 Å². The van der Waals surface area contributed by atoms with Crippen LogP contribution >= 0.6 is 11.8 Å². The number of nitrogens with one attached hydrogen (secondary N) is 1. The van der Waals surface area contributed by atoms with Crippen molar-refractivity contribution in [1.29, 1.82) is 0 Å². The Kier molecular flexibility index (Phi) is 7.37. The van der Waals surface area contributed by atoms with E-state index in [0.29, 0.717) is 12.0 Å². The van der Waals surface area contributed by atoms with Gasteiger partial charge in [0.2, 0.25) is 5.91 Å². The number of halogens is 1. The number of imide groups is 1. The van der Waals surface area contributed by atoms with Crippen LogP contribution in [-0.2, 0) is 16.0 Å². The van der Waals surface area contributed by atoms with Crippen molar-refractivity contribution in [1.82, 2.24) is 10.2 Å². The summed E-state index contributed by atoms with van der Waals surface area (Å²) >= 11 is 0.786. The number of benzene rings is 2. The number of aliphatic hydroxyl groups is 1. The monoisotopic (exact) mass is 428 g/mol. The van der Waals surface area contributed by atoms with Crippen LogP contribution in [0, 0.1) is 5.82 Å². The molecule has 2 aromatic carbocycles. The molecule has 0 aromatic heterocycles. The average molecular weight is 428 g/mol.